The lowest BCUT2D eigenvalue weighted by Crippen LogP contribution is -1.98. The Morgan fingerprint density at radius 1 is 1.21 bits per heavy atom. The molecule has 0 radical (unpaired) electrons. The zero-order chi connectivity index (χ0) is 21.2. The molecule has 1 aliphatic rings. The second kappa shape index (κ2) is 11.5. The van der Waals surface area contributed by atoms with Crippen molar-refractivity contribution >= 4 is 5.97 Å². The summed E-state index contributed by atoms with van der Waals surface area (Å²) in [5.41, 5.74) is 2.94. The van der Waals surface area contributed by atoms with Crippen molar-refractivity contribution in [2.24, 2.45) is 11.8 Å². The third-order valence-corrected chi connectivity index (χ3v) is 5.29. The molecule has 29 heavy (non-hydrogen) atoms. The summed E-state index contributed by atoms with van der Waals surface area (Å²) >= 11 is 0. The summed E-state index contributed by atoms with van der Waals surface area (Å²) in [7, 11) is 0. The van der Waals surface area contributed by atoms with E-state index in [4.69, 9.17) is 9.15 Å². The first-order valence-electron chi connectivity index (χ1n) is 10.6. The van der Waals surface area contributed by atoms with Crippen LogP contribution in [0.3, 0.4) is 0 Å². The van der Waals surface area contributed by atoms with Gasteiger partial charge in [0.15, 0.2) is 11.5 Å². The van der Waals surface area contributed by atoms with Gasteiger partial charge in [-0.3, -0.25) is 0 Å². The Morgan fingerprint density at radius 2 is 1.97 bits per heavy atom. The van der Waals surface area contributed by atoms with Gasteiger partial charge in [0.25, 0.3) is 0 Å². The summed E-state index contributed by atoms with van der Waals surface area (Å²) in [6, 6.07) is 2.03. The molecule has 0 bridgehead atoms. The molecule has 0 aromatic carbocycles. The second-order valence-corrected chi connectivity index (χ2v) is 8.16. The number of cyclic esters (lactones) is 1. The first-order valence-corrected chi connectivity index (χ1v) is 10.6. The highest BCUT2D eigenvalue weighted by Crippen LogP contribution is 2.26. The molecule has 0 spiro atoms. The molecule has 0 fully saturated rings. The molecule has 1 N–H and O–H groups in total. The Kier molecular flexibility index (Phi) is 9.04. The highest BCUT2D eigenvalue weighted by Gasteiger charge is 2.26. The normalized spacial score (nSPS) is 18.7. The molecule has 0 unspecified atom stereocenters. The molecule has 0 amide bonds. The van der Waals surface area contributed by atoms with E-state index in [1.807, 2.05) is 18.4 Å². The number of carbonyl (C=O) groups is 1. The standard InChI is InChI=1S/C25H34O4/c1-18(8-5-9-19(2)11-7-13-22-14-15-28-17-22)10-6-12-20(3)16-23-24(26)21(4)25(27)29-23/h5,8-9,14-18,20,26H,6-7,10-13H2,1-4H3/b8-5+,19-9+,23-16-/t18-,20+/m0/s1. The Balaban J connectivity index is 1.64. The lowest BCUT2D eigenvalue weighted by Gasteiger charge is -2.10. The van der Waals surface area contributed by atoms with Gasteiger partial charge in [-0.15, -0.1) is 0 Å². The topological polar surface area (TPSA) is 59.7 Å². The van der Waals surface area contributed by atoms with Crippen LogP contribution >= 0.6 is 0 Å². The van der Waals surface area contributed by atoms with Crippen LogP contribution in [0.25, 0.3) is 0 Å². The number of aliphatic hydroxyl groups is 1. The van der Waals surface area contributed by atoms with Crippen molar-refractivity contribution in [3.05, 3.63) is 71.1 Å². The smallest absolute Gasteiger partial charge is 0.343 e. The third-order valence-electron chi connectivity index (χ3n) is 5.29. The highest BCUT2D eigenvalue weighted by molar-refractivity contribution is 5.93. The van der Waals surface area contributed by atoms with Crippen molar-refractivity contribution in [3.8, 4) is 0 Å². The maximum absolute atomic E-state index is 11.4. The van der Waals surface area contributed by atoms with Crippen LogP contribution in [0.5, 0.6) is 0 Å². The number of esters is 1. The summed E-state index contributed by atoms with van der Waals surface area (Å²) in [6.45, 7) is 8.07. The second-order valence-electron chi connectivity index (χ2n) is 8.16. The molecule has 4 heteroatoms. The van der Waals surface area contributed by atoms with Crippen molar-refractivity contribution in [1.82, 2.24) is 0 Å². The fourth-order valence-corrected chi connectivity index (χ4v) is 3.32. The number of hydrogen-bond acceptors (Lipinski definition) is 4. The zero-order valence-electron chi connectivity index (χ0n) is 18.1. The molecular formula is C25H34O4. The van der Waals surface area contributed by atoms with Gasteiger partial charge < -0.3 is 14.3 Å². The molecule has 1 aliphatic heterocycles. The van der Waals surface area contributed by atoms with Gasteiger partial charge in [-0.2, -0.15) is 0 Å². The maximum atomic E-state index is 11.4. The number of carbonyl (C=O) groups excluding carboxylic acids is 1. The molecule has 158 valence electrons. The van der Waals surface area contributed by atoms with Gasteiger partial charge in [0.2, 0.25) is 0 Å². The van der Waals surface area contributed by atoms with Gasteiger partial charge in [-0.05, 0) is 75.5 Å². The van der Waals surface area contributed by atoms with E-state index in [1.54, 1.807) is 13.2 Å². The molecule has 0 saturated heterocycles. The van der Waals surface area contributed by atoms with Crippen LogP contribution in [-0.4, -0.2) is 11.1 Å². The van der Waals surface area contributed by atoms with E-state index in [0.717, 1.165) is 38.5 Å². The summed E-state index contributed by atoms with van der Waals surface area (Å²) in [5, 5.41) is 9.88. The number of aryl methyl sites for hydroxylation is 1. The zero-order valence-corrected chi connectivity index (χ0v) is 18.1. The Morgan fingerprint density at radius 3 is 2.62 bits per heavy atom. The van der Waals surface area contributed by atoms with Crippen LogP contribution < -0.4 is 0 Å². The minimum atomic E-state index is -0.454. The number of ether oxygens (including phenoxy) is 1. The van der Waals surface area contributed by atoms with E-state index in [9.17, 15) is 9.90 Å². The maximum Gasteiger partial charge on any atom is 0.343 e. The molecule has 1 aromatic heterocycles. The van der Waals surface area contributed by atoms with E-state index >= 15 is 0 Å². The third kappa shape index (κ3) is 7.80. The van der Waals surface area contributed by atoms with Gasteiger partial charge in [-0.25, -0.2) is 4.79 Å². The first-order chi connectivity index (χ1) is 13.9. The lowest BCUT2D eigenvalue weighted by molar-refractivity contribution is -0.133. The fourth-order valence-electron chi connectivity index (χ4n) is 3.32. The first kappa shape index (κ1) is 22.8. The van der Waals surface area contributed by atoms with Gasteiger partial charge in [-0.1, -0.05) is 44.1 Å². The molecule has 0 aliphatic carbocycles. The Bertz CT molecular complexity index is 778. The van der Waals surface area contributed by atoms with Crippen LogP contribution in [-0.2, 0) is 16.0 Å². The summed E-state index contributed by atoms with van der Waals surface area (Å²) in [4.78, 5) is 11.4. The Hall–Kier alpha value is -2.49. The van der Waals surface area contributed by atoms with Crippen molar-refractivity contribution in [2.75, 3.05) is 0 Å². The summed E-state index contributed by atoms with van der Waals surface area (Å²) in [5.74, 6) is 0.597. The lowest BCUT2D eigenvalue weighted by atomic mass is 9.97. The predicted molar refractivity (Wildman–Crippen MR) is 116 cm³/mol. The molecular weight excluding hydrogens is 364 g/mol. The largest absolute Gasteiger partial charge is 0.504 e. The SMILES string of the molecule is CC1=C(O)/C(=C/[C@H](C)CCC[C@@H](C)/C=C/C=C(\C)CCCc2ccoc2)OC1=O. The monoisotopic (exact) mass is 398 g/mol. The van der Waals surface area contributed by atoms with Gasteiger partial charge >= 0.3 is 5.97 Å². The number of aliphatic hydroxyl groups excluding tert-OH is 1. The number of hydrogen-bond donors (Lipinski definition) is 1. The van der Waals surface area contributed by atoms with E-state index in [-0.39, 0.29) is 17.3 Å². The molecule has 2 heterocycles. The van der Waals surface area contributed by atoms with E-state index in [0.29, 0.717) is 11.7 Å². The van der Waals surface area contributed by atoms with E-state index in [1.165, 1.54) is 11.1 Å². The van der Waals surface area contributed by atoms with Gasteiger partial charge in [0.05, 0.1) is 18.1 Å². The van der Waals surface area contributed by atoms with Crippen molar-refractivity contribution in [1.29, 1.82) is 0 Å². The van der Waals surface area contributed by atoms with Crippen molar-refractivity contribution in [3.63, 3.8) is 0 Å². The summed E-state index contributed by atoms with van der Waals surface area (Å²) in [6.07, 6.45) is 18.5. The minimum Gasteiger partial charge on any atom is -0.504 e. The average molecular weight is 399 g/mol. The van der Waals surface area contributed by atoms with Crippen LogP contribution in [0.15, 0.2) is 70.0 Å². The van der Waals surface area contributed by atoms with Crippen LogP contribution in [0.2, 0.25) is 0 Å². The highest BCUT2D eigenvalue weighted by atomic mass is 16.6. The van der Waals surface area contributed by atoms with Gasteiger partial charge in [0, 0.05) is 0 Å². The van der Waals surface area contributed by atoms with E-state index in [2.05, 4.69) is 39.0 Å². The molecule has 2 atom stereocenters. The Labute approximate surface area is 174 Å². The number of allylic oxidation sites excluding steroid dienone is 5. The van der Waals surface area contributed by atoms with Crippen LogP contribution in [0, 0.1) is 11.8 Å². The minimum absolute atomic E-state index is 0.0231. The number of furan rings is 1. The summed E-state index contributed by atoms with van der Waals surface area (Å²) < 4.78 is 10.2. The molecule has 4 nitrogen and oxygen atoms in total. The predicted octanol–water partition coefficient (Wildman–Crippen LogP) is 6.82. The fraction of sp³-hybridized carbons (Fsp3) is 0.480. The number of rotatable bonds is 11. The quantitative estimate of drug-likeness (QED) is 0.328. The van der Waals surface area contributed by atoms with Gasteiger partial charge in [0.1, 0.15) is 0 Å². The van der Waals surface area contributed by atoms with E-state index < -0.39 is 5.97 Å². The van der Waals surface area contributed by atoms with Crippen molar-refractivity contribution in [2.45, 2.75) is 66.2 Å². The van der Waals surface area contributed by atoms with Crippen LogP contribution in [0.1, 0.15) is 65.4 Å². The van der Waals surface area contributed by atoms with Crippen LogP contribution in [0.4, 0.5) is 0 Å². The average Bonchev–Trinajstić information content (AvgIpc) is 3.27. The molecule has 1 aromatic rings. The molecule has 2 rings (SSSR count). The van der Waals surface area contributed by atoms with Crippen molar-refractivity contribution < 1.29 is 19.1 Å². The molecule has 0 saturated carbocycles.